The van der Waals surface area contributed by atoms with Crippen molar-refractivity contribution in [2.24, 2.45) is 5.41 Å². The zero-order valence-electron chi connectivity index (χ0n) is 23.7. The highest BCUT2D eigenvalue weighted by Gasteiger charge is 2.48. The molecule has 3 nitrogen and oxygen atoms in total. The highest BCUT2D eigenvalue weighted by molar-refractivity contribution is 6.00. The minimum atomic E-state index is -4.35. The lowest BCUT2D eigenvalue weighted by atomic mass is 9.82. The molecule has 0 atom stereocenters. The van der Waals surface area contributed by atoms with Gasteiger partial charge < -0.3 is 4.42 Å². The average Bonchev–Trinajstić information content (AvgIpc) is 3.31. The highest BCUT2D eigenvalue weighted by atomic mass is 19.4. The molecule has 0 N–H and O–H groups in total. The minimum absolute atomic E-state index is 0.0327. The molecule has 2 aromatic heterocycles. The zero-order valence-corrected chi connectivity index (χ0v) is 23.7. The zero-order chi connectivity index (χ0) is 29.2. The van der Waals surface area contributed by atoms with E-state index in [9.17, 15) is 13.2 Å². The first-order chi connectivity index (χ1) is 19.3. The Hall–Kier alpha value is -4.19. The maximum absolute atomic E-state index is 13.4. The number of rotatable bonds is 4. The van der Waals surface area contributed by atoms with Crippen molar-refractivity contribution in [1.29, 1.82) is 0 Å². The van der Waals surface area contributed by atoms with Crippen LogP contribution in [0.3, 0.4) is 0 Å². The van der Waals surface area contributed by atoms with Gasteiger partial charge in [-0.2, -0.15) is 13.2 Å². The van der Waals surface area contributed by atoms with Crippen molar-refractivity contribution in [2.45, 2.75) is 52.6 Å². The first kappa shape index (κ1) is 27.0. The molecule has 0 saturated carbocycles. The van der Waals surface area contributed by atoms with Crippen molar-refractivity contribution in [3.05, 3.63) is 96.5 Å². The van der Waals surface area contributed by atoms with Crippen LogP contribution >= 0.6 is 0 Å². The number of hydrogen-bond donors (Lipinski definition) is 0. The largest absolute Gasteiger partial charge is 0.441 e. The lowest BCUT2D eigenvalue weighted by molar-refractivity contribution is -0.212. The van der Waals surface area contributed by atoms with Gasteiger partial charge in [0.25, 0.3) is 0 Å². The molecule has 0 fully saturated rings. The molecule has 208 valence electrons. The third-order valence-electron chi connectivity index (χ3n) is 7.83. The molecular weight excluding hydrogens is 521 g/mol. The average molecular weight is 553 g/mol. The fourth-order valence-electron chi connectivity index (χ4n) is 5.36. The molecule has 0 unspecified atom stereocenters. The number of alkyl halides is 3. The Bertz CT molecular complexity index is 1930. The second-order valence-corrected chi connectivity index (χ2v) is 12.4. The third kappa shape index (κ3) is 4.96. The number of aromatic nitrogens is 2. The van der Waals surface area contributed by atoms with Crippen LogP contribution in [0.4, 0.5) is 13.2 Å². The molecule has 0 aliphatic rings. The van der Waals surface area contributed by atoms with Crippen LogP contribution in [0.5, 0.6) is 0 Å². The van der Waals surface area contributed by atoms with E-state index in [2.05, 4.69) is 74.3 Å². The third-order valence-corrected chi connectivity index (χ3v) is 7.83. The molecule has 4 aromatic carbocycles. The van der Waals surface area contributed by atoms with Gasteiger partial charge in [0, 0.05) is 23.6 Å². The van der Waals surface area contributed by atoms with Crippen molar-refractivity contribution in [1.82, 2.24) is 9.97 Å². The molecule has 41 heavy (non-hydrogen) atoms. The van der Waals surface area contributed by atoms with E-state index in [0.717, 1.165) is 47.0 Å². The van der Waals surface area contributed by atoms with Gasteiger partial charge >= 0.3 is 6.18 Å². The van der Waals surface area contributed by atoms with Crippen LogP contribution in [0.15, 0.2) is 89.5 Å². The summed E-state index contributed by atoms with van der Waals surface area (Å²) in [6, 6.07) is 26.7. The van der Waals surface area contributed by atoms with Crippen LogP contribution in [-0.2, 0) is 11.8 Å². The Morgan fingerprint density at radius 3 is 2.15 bits per heavy atom. The maximum atomic E-state index is 13.4. The van der Waals surface area contributed by atoms with Crippen molar-refractivity contribution in [3.8, 4) is 22.4 Å². The van der Waals surface area contributed by atoms with E-state index < -0.39 is 11.6 Å². The van der Waals surface area contributed by atoms with Crippen molar-refractivity contribution in [2.75, 3.05) is 0 Å². The van der Waals surface area contributed by atoms with E-state index in [4.69, 9.17) is 9.40 Å². The number of pyridine rings is 1. The van der Waals surface area contributed by atoms with Gasteiger partial charge in [-0.05, 0) is 74.7 Å². The van der Waals surface area contributed by atoms with Crippen LogP contribution in [0.2, 0.25) is 0 Å². The molecule has 0 spiro atoms. The van der Waals surface area contributed by atoms with Gasteiger partial charge in [0.05, 0.1) is 11.1 Å². The van der Waals surface area contributed by atoms with E-state index in [0.29, 0.717) is 11.1 Å². The smallest absolute Gasteiger partial charge is 0.394 e. The molecule has 0 bridgehead atoms. The van der Waals surface area contributed by atoms with Gasteiger partial charge in [0.2, 0.25) is 0 Å². The van der Waals surface area contributed by atoms with Gasteiger partial charge in [0.15, 0.2) is 11.5 Å². The monoisotopic (exact) mass is 552 g/mol. The Morgan fingerprint density at radius 1 is 0.707 bits per heavy atom. The summed E-state index contributed by atoms with van der Waals surface area (Å²) in [6.07, 6.45) is -2.83. The summed E-state index contributed by atoms with van der Waals surface area (Å²) in [6.45, 7) is 9.01. The summed E-state index contributed by atoms with van der Waals surface area (Å²) in [5, 5.41) is 4.52. The van der Waals surface area contributed by atoms with Crippen LogP contribution in [0.25, 0.3) is 55.0 Å². The number of halogens is 3. The van der Waals surface area contributed by atoms with Gasteiger partial charge in [0.1, 0.15) is 5.52 Å². The van der Waals surface area contributed by atoms with Gasteiger partial charge in [-0.15, -0.1) is 0 Å². The van der Waals surface area contributed by atoms with Gasteiger partial charge in [-0.3, -0.25) is 4.98 Å². The summed E-state index contributed by atoms with van der Waals surface area (Å²) < 4.78 is 46.0. The van der Waals surface area contributed by atoms with E-state index in [-0.39, 0.29) is 17.7 Å². The first-order valence-corrected chi connectivity index (χ1v) is 13.7. The fourth-order valence-corrected chi connectivity index (χ4v) is 5.36. The molecule has 2 heterocycles. The second-order valence-electron chi connectivity index (χ2n) is 12.4. The van der Waals surface area contributed by atoms with E-state index in [1.54, 1.807) is 6.07 Å². The van der Waals surface area contributed by atoms with Crippen molar-refractivity contribution < 1.29 is 17.6 Å². The molecule has 0 aliphatic heterocycles. The number of hydrogen-bond acceptors (Lipinski definition) is 3. The summed E-state index contributed by atoms with van der Waals surface area (Å²) >= 11 is 0. The Balaban J connectivity index is 1.39. The minimum Gasteiger partial charge on any atom is -0.441 e. The van der Waals surface area contributed by atoms with Gasteiger partial charge in [-0.1, -0.05) is 77.1 Å². The number of oxazole rings is 1. The molecule has 6 aromatic rings. The van der Waals surface area contributed by atoms with Crippen LogP contribution < -0.4 is 0 Å². The van der Waals surface area contributed by atoms with Gasteiger partial charge in [-0.25, -0.2) is 4.98 Å². The Kier molecular flexibility index (Phi) is 6.22. The second kappa shape index (κ2) is 9.44. The lowest BCUT2D eigenvalue weighted by Gasteiger charge is -2.25. The van der Waals surface area contributed by atoms with E-state index in [1.807, 2.05) is 30.5 Å². The topological polar surface area (TPSA) is 38.9 Å². The Labute approximate surface area is 237 Å². The molecule has 6 heteroatoms. The summed E-state index contributed by atoms with van der Waals surface area (Å²) in [4.78, 5) is 9.11. The van der Waals surface area contributed by atoms with Crippen molar-refractivity contribution in [3.63, 3.8) is 0 Å². The summed E-state index contributed by atoms with van der Waals surface area (Å²) in [7, 11) is 0. The quantitative estimate of drug-likeness (QED) is 0.218. The predicted molar refractivity (Wildman–Crippen MR) is 160 cm³/mol. The maximum Gasteiger partial charge on any atom is 0.394 e. The molecular formula is C35H31F3N2O. The molecule has 0 aliphatic carbocycles. The highest BCUT2D eigenvalue weighted by Crippen LogP contribution is 2.41. The van der Waals surface area contributed by atoms with E-state index in [1.165, 1.54) is 16.3 Å². The van der Waals surface area contributed by atoms with E-state index >= 15 is 0 Å². The molecule has 0 amide bonds. The lowest BCUT2D eigenvalue weighted by Crippen LogP contribution is -2.34. The number of benzene rings is 4. The number of nitrogens with zero attached hydrogens (tertiary/aromatic N) is 2. The molecule has 6 rings (SSSR count). The van der Waals surface area contributed by atoms with Crippen molar-refractivity contribution >= 4 is 32.6 Å². The summed E-state index contributed by atoms with van der Waals surface area (Å²) in [5.41, 5.74) is 4.19. The molecule has 0 radical (unpaired) electrons. The van der Waals surface area contributed by atoms with Crippen LogP contribution in [0, 0.1) is 5.41 Å². The Morgan fingerprint density at radius 2 is 1.39 bits per heavy atom. The van der Waals surface area contributed by atoms with Crippen LogP contribution in [0.1, 0.15) is 46.1 Å². The fraction of sp³-hybridized carbons (Fsp3) is 0.257. The number of fused-ring (bicyclic) bond motifs is 3. The standard InChI is InChI=1S/C35H31F3N2O/c1-33(2,3)28-18-25(17-23-8-6-7-9-26(23)28)32-27-12-10-21(16-24(27)14-15-39-32)22-11-13-29-30(19-22)41-31(40-29)20-34(4,5)35(36,37)38/h6-19H,20H2,1-5H3. The van der Waals surface area contributed by atoms with Crippen LogP contribution in [-0.4, -0.2) is 16.1 Å². The molecule has 0 saturated heterocycles. The predicted octanol–water partition coefficient (Wildman–Crippen LogP) is 10.3. The summed E-state index contributed by atoms with van der Waals surface area (Å²) in [5.74, 6) is 0.0821. The SMILES string of the molecule is CC(C)(C)c1cc(-c2nccc3cc(-c4ccc5nc(CC(C)(C)C(F)(F)F)oc5c4)ccc23)cc2ccccc12. The normalized spacial score (nSPS) is 13.0. The first-order valence-electron chi connectivity index (χ1n) is 13.7.